The molecule has 2 N–H and O–H groups in total. The number of nitrogens with zero attached hydrogens (tertiary/aromatic N) is 1. The van der Waals surface area contributed by atoms with Crippen LogP contribution >= 0.6 is 0 Å². The van der Waals surface area contributed by atoms with Crippen molar-refractivity contribution in [1.29, 1.82) is 5.26 Å². The average Bonchev–Trinajstić information content (AvgIpc) is 2.31. The van der Waals surface area contributed by atoms with Crippen molar-refractivity contribution in [2.45, 2.75) is 32.5 Å². The van der Waals surface area contributed by atoms with E-state index in [1.165, 1.54) is 0 Å². The van der Waals surface area contributed by atoms with E-state index in [0.717, 1.165) is 16.9 Å². The predicted molar refractivity (Wildman–Crippen MR) is 63.7 cm³/mol. The molecule has 1 aromatic carbocycles. The van der Waals surface area contributed by atoms with Crippen LogP contribution in [-0.4, -0.2) is 23.4 Å². The molecule has 17 heavy (non-hydrogen) atoms. The number of aliphatic hydroxyl groups excluding tert-OH is 2. The second-order valence-corrected chi connectivity index (χ2v) is 4.05. The van der Waals surface area contributed by atoms with Gasteiger partial charge in [0.25, 0.3) is 0 Å². The average molecular weight is 235 g/mol. The SMILES string of the molecule is COc1cc(C)c(C(O)C(O)CC#N)cc1C. The third kappa shape index (κ3) is 2.96. The molecule has 0 bridgehead atoms. The molecule has 2 unspecified atom stereocenters. The minimum Gasteiger partial charge on any atom is -0.496 e. The van der Waals surface area contributed by atoms with Gasteiger partial charge in [-0.3, -0.25) is 0 Å². The molecule has 0 amide bonds. The summed E-state index contributed by atoms with van der Waals surface area (Å²) in [5, 5.41) is 28.1. The molecule has 0 spiro atoms. The van der Waals surface area contributed by atoms with Crippen LogP contribution in [0.3, 0.4) is 0 Å². The van der Waals surface area contributed by atoms with Crippen molar-refractivity contribution in [3.63, 3.8) is 0 Å². The largest absolute Gasteiger partial charge is 0.496 e. The molecule has 4 heteroatoms. The van der Waals surface area contributed by atoms with Crippen LogP contribution in [0.1, 0.15) is 29.2 Å². The number of hydrogen-bond acceptors (Lipinski definition) is 4. The third-order valence-corrected chi connectivity index (χ3v) is 2.77. The second-order valence-electron chi connectivity index (χ2n) is 4.05. The van der Waals surface area contributed by atoms with Crippen molar-refractivity contribution in [2.24, 2.45) is 0 Å². The van der Waals surface area contributed by atoms with Crippen molar-refractivity contribution in [3.05, 3.63) is 28.8 Å². The van der Waals surface area contributed by atoms with Gasteiger partial charge >= 0.3 is 0 Å². The summed E-state index contributed by atoms with van der Waals surface area (Å²) in [7, 11) is 1.59. The summed E-state index contributed by atoms with van der Waals surface area (Å²) in [4.78, 5) is 0. The molecule has 0 saturated carbocycles. The van der Waals surface area contributed by atoms with Crippen LogP contribution < -0.4 is 4.74 Å². The van der Waals surface area contributed by atoms with Crippen molar-refractivity contribution in [3.8, 4) is 11.8 Å². The Morgan fingerprint density at radius 2 is 1.94 bits per heavy atom. The fourth-order valence-corrected chi connectivity index (χ4v) is 1.76. The standard InChI is InChI=1S/C13H17NO3/c1-8-7-12(17-3)9(2)6-10(8)13(16)11(15)4-5-14/h6-7,11,13,15-16H,4H2,1-3H3. The maximum absolute atomic E-state index is 9.95. The lowest BCUT2D eigenvalue weighted by molar-refractivity contribution is 0.0212. The summed E-state index contributed by atoms with van der Waals surface area (Å²) < 4.78 is 5.17. The number of aliphatic hydroxyl groups is 2. The molecule has 0 heterocycles. The Morgan fingerprint density at radius 3 is 2.47 bits per heavy atom. The number of ether oxygens (including phenoxy) is 1. The van der Waals surface area contributed by atoms with E-state index >= 15 is 0 Å². The molecule has 0 aliphatic carbocycles. The first-order chi connectivity index (χ1) is 8.01. The van der Waals surface area contributed by atoms with E-state index in [0.29, 0.717) is 5.56 Å². The van der Waals surface area contributed by atoms with Crippen molar-refractivity contribution >= 4 is 0 Å². The number of aryl methyl sites for hydroxylation is 2. The fourth-order valence-electron chi connectivity index (χ4n) is 1.76. The molecule has 1 rings (SSSR count). The number of benzene rings is 1. The molecular weight excluding hydrogens is 218 g/mol. The first-order valence-electron chi connectivity index (χ1n) is 5.39. The van der Waals surface area contributed by atoms with Gasteiger partial charge in [0.05, 0.1) is 25.7 Å². The van der Waals surface area contributed by atoms with Crippen LogP contribution in [0.2, 0.25) is 0 Å². The number of hydrogen-bond donors (Lipinski definition) is 2. The second kappa shape index (κ2) is 5.67. The maximum atomic E-state index is 9.95. The van der Waals surface area contributed by atoms with Gasteiger partial charge in [0.2, 0.25) is 0 Å². The van der Waals surface area contributed by atoms with Gasteiger partial charge < -0.3 is 14.9 Å². The van der Waals surface area contributed by atoms with Gasteiger partial charge in [-0.1, -0.05) is 0 Å². The van der Waals surface area contributed by atoms with E-state index < -0.39 is 12.2 Å². The minimum atomic E-state index is -1.06. The van der Waals surface area contributed by atoms with Gasteiger partial charge in [-0.15, -0.1) is 0 Å². The highest BCUT2D eigenvalue weighted by molar-refractivity contribution is 5.42. The molecule has 0 radical (unpaired) electrons. The first-order valence-corrected chi connectivity index (χ1v) is 5.39. The number of nitriles is 1. The molecular formula is C13H17NO3. The Balaban J connectivity index is 3.07. The van der Waals surface area contributed by atoms with Gasteiger partial charge in [-0.25, -0.2) is 0 Å². The zero-order chi connectivity index (χ0) is 13.0. The summed E-state index contributed by atoms with van der Waals surface area (Å²) in [6, 6.07) is 5.43. The molecule has 0 fully saturated rings. The van der Waals surface area contributed by atoms with Crippen LogP contribution in [0, 0.1) is 25.2 Å². The Bertz CT molecular complexity index is 437. The summed E-state index contributed by atoms with van der Waals surface area (Å²) in [6.07, 6.45) is -2.20. The van der Waals surface area contributed by atoms with Crippen molar-refractivity contribution in [2.75, 3.05) is 7.11 Å². The summed E-state index contributed by atoms with van der Waals surface area (Å²) in [5.74, 6) is 0.744. The minimum absolute atomic E-state index is 0.0916. The summed E-state index contributed by atoms with van der Waals surface area (Å²) in [6.45, 7) is 3.70. The molecule has 2 atom stereocenters. The van der Waals surface area contributed by atoms with Gasteiger partial charge in [0.15, 0.2) is 0 Å². The highest BCUT2D eigenvalue weighted by Crippen LogP contribution is 2.28. The van der Waals surface area contributed by atoms with Crippen molar-refractivity contribution in [1.82, 2.24) is 0 Å². The zero-order valence-corrected chi connectivity index (χ0v) is 10.3. The molecule has 1 aromatic rings. The van der Waals surface area contributed by atoms with Gasteiger partial charge in [0, 0.05) is 0 Å². The van der Waals surface area contributed by atoms with Crippen LogP contribution in [0.4, 0.5) is 0 Å². The molecule has 92 valence electrons. The normalized spacial score (nSPS) is 13.9. The van der Waals surface area contributed by atoms with E-state index in [1.54, 1.807) is 13.2 Å². The topological polar surface area (TPSA) is 73.5 Å². The predicted octanol–water partition coefficient (Wildman–Crippen LogP) is 1.62. The Labute approximate surface area is 101 Å². The highest BCUT2D eigenvalue weighted by atomic mass is 16.5. The number of methoxy groups -OCH3 is 1. The van der Waals surface area contributed by atoms with Crippen LogP contribution in [-0.2, 0) is 0 Å². The molecule has 0 aromatic heterocycles. The van der Waals surface area contributed by atoms with E-state index in [4.69, 9.17) is 10.00 Å². The zero-order valence-electron chi connectivity index (χ0n) is 10.3. The Hall–Kier alpha value is -1.57. The smallest absolute Gasteiger partial charge is 0.122 e. The van der Waals surface area contributed by atoms with Gasteiger partial charge in [0.1, 0.15) is 11.9 Å². The fraction of sp³-hybridized carbons (Fsp3) is 0.462. The number of rotatable bonds is 4. The molecule has 0 saturated heterocycles. The molecule has 0 aliphatic rings. The van der Waals surface area contributed by atoms with Crippen molar-refractivity contribution < 1.29 is 14.9 Å². The molecule has 0 aliphatic heterocycles. The Morgan fingerprint density at radius 1 is 1.29 bits per heavy atom. The third-order valence-electron chi connectivity index (χ3n) is 2.77. The van der Waals surface area contributed by atoms with Gasteiger partial charge in [-0.2, -0.15) is 5.26 Å². The highest BCUT2D eigenvalue weighted by Gasteiger charge is 2.20. The first kappa shape index (κ1) is 13.5. The quantitative estimate of drug-likeness (QED) is 0.831. The lowest BCUT2D eigenvalue weighted by Gasteiger charge is -2.19. The summed E-state index contributed by atoms with van der Waals surface area (Å²) in [5.41, 5.74) is 2.35. The monoisotopic (exact) mass is 235 g/mol. The Kier molecular flexibility index (Phi) is 4.50. The van der Waals surface area contributed by atoms with Crippen LogP contribution in [0.25, 0.3) is 0 Å². The van der Waals surface area contributed by atoms with Crippen LogP contribution in [0.15, 0.2) is 12.1 Å². The maximum Gasteiger partial charge on any atom is 0.122 e. The van der Waals surface area contributed by atoms with Crippen LogP contribution in [0.5, 0.6) is 5.75 Å². The van der Waals surface area contributed by atoms with E-state index in [9.17, 15) is 10.2 Å². The lowest BCUT2D eigenvalue weighted by atomic mass is 9.96. The molecule has 4 nitrogen and oxygen atoms in total. The summed E-state index contributed by atoms with van der Waals surface area (Å²) >= 11 is 0. The van der Waals surface area contributed by atoms with E-state index in [1.807, 2.05) is 26.0 Å². The lowest BCUT2D eigenvalue weighted by Crippen LogP contribution is -2.18. The van der Waals surface area contributed by atoms with E-state index in [2.05, 4.69) is 0 Å². The van der Waals surface area contributed by atoms with E-state index in [-0.39, 0.29) is 6.42 Å². The van der Waals surface area contributed by atoms with Gasteiger partial charge in [-0.05, 0) is 42.7 Å².